The fraction of sp³-hybridized carbons (Fsp3) is 0.933. The summed E-state index contributed by atoms with van der Waals surface area (Å²) in [5, 5.41) is 3.63. The van der Waals surface area contributed by atoms with Crippen molar-refractivity contribution in [3.63, 3.8) is 0 Å². The number of methoxy groups -OCH3 is 2. The van der Waals surface area contributed by atoms with Gasteiger partial charge in [-0.2, -0.15) is 0 Å². The van der Waals surface area contributed by atoms with Gasteiger partial charge in [-0.15, -0.1) is 0 Å². The van der Waals surface area contributed by atoms with Crippen LogP contribution in [0.4, 0.5) is 0 Å². The number of nitrogens with one attached hydrogen (secondary N) is 1. The predicted molar refractivity (Wildman–Crippen MR) is 75.2 cm³/mol. The first-order chi connectivity index (χ1) is 9.70. The fourth-order valence-corrected chi connectivity index (χ4v) is 3.75. The summed E-state index contributed by atoms with van der Waals surface area (Å²) in [7, 11) is 3.36. The van der Waals surface area contributed by atoms with Crippen molar-refractivity contribution in [2.45, 2.75) is 56.3 Å². The molecule has 0 aromatic heterocycles. The zero-order valence-electron chi connectivity index (χ0n) is 12.6. The highest BCUT2D eigenvalue weighted by Crippen LogP contribution is 2.45. The highest BCUT2D eigenvalue weighted by Gasteiger charge is 2.60. The first kappa shape index (κ1) is 14.3. The van der Waals surface area contributed by atoms with Gasteiger partial charge in [0.25, 0.3) is 0 Å². The number of rotatable bonds is 6. The van der Waals surface area contributed by atoms with E-state index >= 15 is 0 Å². The maximum atomic E-state index is 12.7. The van der Waals surface area contributed by atoms with Crippen LogP contribution >= 0.6 is 0 Å². The molecular weight excluding hydrogens is 256 g/mol. The average Bonchev–Trinajstić information content (AvgIpc) is 2.93. The molecule has 3 rings (SSSR count). The van der Waals surface area contributed by atoms with Gasteiger partial charge in [0.05, 0.1) is 31.0 Å². The topological polar surface area (TPSA) is 50.8 Å². The molecule has 2 atom stereocenters. The smallest absolute Gasteiger partial charge is 0.244 e. The molecule has 0 radical (unpaired) electrons. The first-order valence-corrected chi connectivity index (χ1v) is 7.81. The van der Waals surface area contributed by atoms with Gasteiger partial charge in [0.15, 0.2) is 0 Å². The summed E-state index contributed by atoms with van der Waals surface area (Å²) in [5.74, 6) is 0.895. The van der Waals surface area contributed by atoms with Crippen molar-refractivity contribution < 1.29 is 14.3 Å². The fourth-order valence-electron chi connectivity index (χ4n) is 3.75. The molecule has 1 heterocycles. The van der Waals surface area contributed by atoms with Crippen LogP contribution in [0.5, 0.6) is 0 Å². The largest absolute Gasteiger partial charge is 0.382 e. The van der Waals surface area contributed by atoms with Crippen molar-refractivity contribution in [2.24, 2.45) is 5.92 Å². The van der Waals surface area contributed by atoms with Crippen molar-refractivity contribution in [3.05, 3.63) is 0 Å². The van der Waals surface area contributed by atoms with Crippen molar-refractivity contribution in [3.8, 4) is 0 Å². The minimum atomic E-state index is -0.224. The van der Waals surface area contributed by atoms with Crippen LogP contribution in [0.1, 0.15) is 38.5 Å². The van der Waals surface area contributed by atoms with Crippen LogP contribution in [0.3, 0.4) is 0 Å². The zero-order chi connectivity index (χ0) is 14.2. The van der Waals surface area contributed by atoms with Gasteiger partial charge in [-0.3, -0.25) is 10.1 Å². The lowest BCUT2D eigenvalue weighted by Crippen LogP contribution is -2.47. The Morgan fingerprint density at radius 3 is 2.60 bits per heavy atom. The Hall–Kier alpha value is -0.650. The quantitative estimate of drug-likeness (QED) is 0.793. The molecule has 0 aromatic rings. The molecule has 1 amide bonds. The van der Waals surface area contributed by atoms with E-state index < -0.39 is 0 Å². The van der Waals surface area contributed by atoms with Crippen LogP contribution < -0.4 is 5.32 Å². The van der Waals surface area contributed by atoms with E-state index in [0.717, 1.165) is 12.8 Å². The molecule has 3 fully saturated rings. The van der Waals surface area contributed by atoms with E-state index in [-0.39, 0.29) is 23.7 Å². The summed E-state index contributed by atoms with van der Waals surface area (Å²) in [6.07, 6.45) is 7.22. The van der Waals surface area contributed by atoms with E-state index in [2.05, 4.69) is 5.32 Å². The molecule has 2 unspecified atom stereocenters. The third-order valence-electron chi connectivity index (χ3n) is 5.11. The normalized spacial score (nSPS) is 30.4. The monoisotopic (exact) mass is 282 g/mol. The van der Waals surface area contributed by atoms with Crippen LogP contribution in [0, 0.1) is 5.92 Å². The summed E-state index contributed by atoms with van der Waals surface area (Å²) in [6.45, 7) is 1.17. The molecule has 0 aromatic carbocycles. The van der Waals surface area contributed by atoms with E-state index in [0.29, 0.717) is 19.1 Å². The van der Waals surface area contributed by atoms with Crippen molar-refractivity contribution in [1.82, 2.24) is 10.2 Å². The maximum Gasteiger partial charge on any atom is 0.244 e. The number of carbonyl (C=O) groups is 1. The van der Waals surface area contributed by atoms with Gasteiger partial charge in [0.1, 0.15) is 0 Å². The summed E-state index contributed by atoms with van der Waals surface area (Å²) in [4.78, 5) is 14.7. The number of ether oxygens (including phenoxy) is 2. The predicted octanol–water partition coefficient (Wildman–Crippen LogP) is 1.13. The molecule has 2 saturated carbocycles. The second-order valence-electron chi connectivity index (χ2n) is 6.49. The summed E-state index contributed by atoms with van der Waals surface area (Å²) in [6, 6.07) is 0. The second-order valence-corrected chi connectivity index (χ2v) is 6.49. The van der Waals surface area contributed by atoms with Gasteiger partial charge in [-0.25, -0.2) is 0 Å². The molecule has 1 N–H and O–H groups in total. The van der Waals surface area contributed by atoms with Crippen molar-refractivity contribution >= 4 is 5.91 Å². The Bertz CT molecular complexity index is 364. The molecule has 0 bridgehead atoms. The Kier molecular flexibility index (Phi) is 4.02. The third-order valence-corrected chi connectivity index (χ3v) is 5.11. The van der Waals surface area contributed by atoms with Crippen LogP contribution in [0.2, 0.25) is 0 Å². The Morgan fingerprint density at radius 2 is 2.05 bits per heavy atom. The summed E-state index contributed by atoms with van der Waals surface area (Å²) < 4.78 is 10.6. The van der Waals surface area contributed by atoms with Gasteiger partial charge in [-0.1, -0.05) is 12.8 Å². The van der Waals surface area contributed by atoms with Crippen LogP contribution in [0.25, 0.3) is 0 Å². The Balaban J connectivity index is 1.71. The minimum Gasteiger partial charge on any atom is -0.382 e. The lowest BCUT2D eigenvalue weighted by Gasteiger charge is -2.31. The van der Waals surface area contributed by atoms with Crippen molar-refractivity contribution in [1.29, 1.82) is 0 Å². The molecule has 1 aliphatic heterocycles. The van der Waals surface area contributed by atoms with Gasteiger partial charge < -0.3 is 14.4 Å². The molecule has 1 spiro atoms. The number of carbonyl (C=O) groups excluding carboxylic acids is 1. The van der Waals surface area contributed by atoms with Crippen molar-refractivity contribution in [2.75, 3.05) is 27.4 Å². The van der Waals surface area contributed by atoms with E-state index in [4.69, 9.17) is 9.47 Å². The number of hydrogen-bond donors (Lipinski definition) is 1. The summed E-state index contributed by atoms with van der Waals surface area (Å²) >= 11 is 0. The van der Waals surface area contributed by atoms with Gasteiger partial charge in [0, 0.05) is 14.2 Å². The van der Waals surface area contributed by atoms with Crippen LogP contribution in [-0.4, -0.2) is 56.0 Å². The molecule has 5 nitrogen and oxygen atoms in total. The van der Waals surface area contributed by atoms with Crippen LogP contribution in [0.15, 0.2) is 0 Å². The molecule has 5 heteroatoms. The molecule has 1 saturated heterocycles. The molecule has 114 valence electrons. The molecule has 3 aliphatic rings. The van der Waals surface area contributed by atoms with Gasteiger partial charge in [-0.05, 0) is 31.6 Å². The van der Waals surface area contributed by atoms with Crippen LogP contribution in [-0.2, 0) is 14.3 Å². The zero-order valence-corrected chi connectivity index (χ0v) is 12.6. The van der Waals surface area contributed by atoms with E-state index in [1.54, 1.807) is 14.2 Å². The number of nitrogens with zero attached hydrogens (tertiary/aromatic N) is 1. The van der Waals surface area contributed by atoms with E-state index in [1.807, 2.05) is 4.90 Å². The standard InChI is InChI=1S/C15H26N2O3/c1-19-10-12(20-2)9-17-13(11-5-3-4-6-11)16-15(7-8-15)14(17)18/h11-13,16H,3-10H2,1-2H3. The third kappa shape index (κ3) is 2.47. The number of hydrogen-bond acceptors (Lipinski definition) is 4. The molecular formula is C15H26N2O3. The Morgan fingerprint density at radius 1 is 1.35 bits per heavy atom. The highest BCUT2D eigenvalue weighted by molar-refractivity contribution is 5.91. The minimum absolute atomic E-state index is 0.0384. The Labute approximate surface area is 121 Å². The first-order valence-electron chi connectivity index (χ1n) is 7.81. The van der Waals surface area contributed by atoms with E-state index in [1.165, 1.54) is 25.7 Å². The van der Waals surface area contributed by atoms with Gasteiger partial charge in [0.2, 0.25) is 5.91 Å². The lowest BCUT2D eigenvalue weighted by molar-refractivity contribution is -0.133. The molecule has 20 heavy (non-hydrogen) atoms. The van der Waals surface area contributed by atoms with E-state index in [9.17, 15) is 4.79 Å². The maximum absolute atomic E-state index is 12.7. The van der Waals surface area contributed by atoms with Gasteiger partial charge >= 0.3 is 0 Å². The SMILES string of the molecule is COCC(CN1C(=O)C2(CC2)NC1C1CCCC1)OC. The average molecular weight is 282 g/mol. The molecule has 2 aliphatic carbocycles. The number of amides is 1. The summed E-state index contributed by atoms with van der Waals surface area (Å²) in [5.41, 5.74) is -0.224. The lowest BCUT2D eigenvalue weighted by atomic mass is 10.0. The highest BCUT2D eigenvalue weighted by atomic mass is 16.5. The second kappa shape index (κ2) is 5.62.